The van der Waals surface area contributed by atoms with Crippen LogP contribution in [0.4, 0.5) is 0 Å². The molecule has 2 aliphatic heterocycles. The van der Waals surface area contributed by atoms with Gasteiger partial charge in [0.15, 0.2) is 0 Å². The van der Waals surface area contributed by atoms with Crippen LogP contribution in [0.3, 0.4) is 0 Å². The largest absolute Gasteiger partial charge is 1.00 e. The molecule has 2 aliphatic carbocycles. The maximum atomic E-state index is 2.58. The maximum Gasteiger partial charge on any atom is -1.00 e. The molecule has 26 heavy (non-hydrogen) atoms. The summed E-state index contributed by atoms with van der Waals surface area (Å²) in [5, 5.41) is 0. The van der Waals surface area contributed by atoms with Crippen LogP contribution in [0.1, 0.15) is 48.9 Å². The molecule has 0 nitrogen and oxygen atoms in total. The van der Waals surface area contributed by atoms with E-state index in [0.29, 0.717) is 6.25 Å². The summed E-state index contributed by atoms with van der Waals surface area (Å²) in [6.07, 6.45) is 7.77. The molecule has 2 saturated heterocycles. The maximum absolute atomic E-state index is 2.58. The monoisotopic (exact) mass is 456 g/mol. The molecule has 0 saturated carbocycles. The molecule has 3 heteroatoms. The Labute approximate surface area is 179 Å². The van der Waals surface area contributed by atoms with Crippen molar-refractivity contribution in [2.24, 2.45) is 5.41 Å². The van der Waals surface area contributed by atoms with E-state index in [2.05, 4.69) is 74.5 Å². The first kappa shape index (κ1) is 18.7. The van der Waals surface area contributed by atoms with Gasteiger partial charge in [-0.1, -0.05) is 0 Å². The minimum atomic E-state index is -0.740. The number of rotatable bonds is 0. The van der Waals surface area contributed by atoms with E-state index in [0.717, 1.165) is 0 Å². The number of hydrogen-bond acceptors (Lipinski definition) is 0. The van der Waals surface area contributed by atoms with Gasteiger partial charge in [-0.15, -0.1) is 0 Å². The summed E-state index contributed by atoms with van der Waals surface area (Å²) < 4.78 is 0.822. The molecule has 4 aliphatic rings. The second-order valence-electron chi connectivity index (χ2n) is 8.31. The average molecular weight is 459 g/mol. The molecule has 0 N–H and O–H groups in total. The van der Waals surface area contributed by atoms with Crippen LogP contribution in [0.5, 0.6) is 0 Å². The number of fused-ring (bicyclic) bond motifs is 2. The third-order valence-electron chi connectivity index (χ3n) is 7.14. The Hall–Kier alpha value is -0.617. The Morgan fingerprint density at radius 2 is 1.42 bits per heavy atom. The average Bonchev–Trinajstić information content (AvgIpc) is 3.15. The van der Waals surface area contributed by atoms with E-state index in [1.165, 1.54) is 24.0 Å². The van der Waals surface area contributed by atoms with Gasteiger partial charge >= 0.3 is 156 Å². The van der Waals surface area contributed by atoms with Crippen LogP contribution in [-0.4, -0.2) is 0 Å². The van der Waals surface area contributed by atoms with Crippen LogP contribution in [0, 0.1) is 5.41 Å². The van der Waals surface area contributed by atoms with E-state index >= 15 is 0 Å². The van der Waals surface area contributed by atoms with Crippen LogP contribution in [0.2, 0.25) is 0 Å². The van der Waals surface area contributed by atoms with Crippen LogP contribution >= 0.6 is 0 Å². The molecule has 2 bridgehead atoms. The molecule has 2 aromatic rings. The van der Waals surface area contributed by atoms with Crippen molar-refractivity contribution in [3.05, 3.63) is 81.9 Å². The van der Waals surface area contributed by atoms with Crippen molar-refractivity contribution < 1.29 is 48.0 Å². The third kappa shape index (κ3) is 1.81. The minimum Gasteiger partial charge on any atom is -1.00 e. The zero-order chi connectivity index (χ0) is 16.2. The molecular formula is C23H20Cl2Zr. The molecule has 0 aromatic heterocycles. The van der Waals surface area contributed by atoms with Gasteiger partial charge in [0.25, 0.3) is 0 Å². The van der Waals surface area contributed by atoms with E-state index in [1.54, 1.807) is 22.3 Å². The fourth-order valence-electron chi connectivity index (χ4n) is 6.19. The Morgan fingerprint density at radius 3 is 2.15 bits per heavy atom. The van der Waals surface area contributed by atoms with Crippen molar-refractivity contribution in [3.8, 4) is 0 Å². The zero-order valence-electron chi connectivity index (χ0n) is 14.9. The standard InChI is InChI=1S/C23H20.2ClH.Zr/c1-23(2)21-14-16-8-3-5-9-18(16)20(21)12-11-17-13-15-7-4-6-10-19(15)22(17)23;;;/h3-10,13-14H,11-12H2,1-2H3;2*1H;/q;;;+2/p-2. The van der Waals surface area contributed by atoms with Gasteiger partial charge in [0, 0.05) is 0 Å². The van der Waals surface area contributed by atoms with Gasteiger partial charge in [-0.05, 0) is 0 Å². The van der Waals surface area contributed by atoms with Crippen molar-refractivity contribution in [1.82, 2.24) is 0 Å². The molecule has 2 atom stereocenters. The Kier molecular flexibility index (Phi) is 4.10. The smallest absolute Gasteiger partial charge is 1.00 e. The Balaban J connectivity index is 0.000000841. The van der Waals surface area contributed by atoms with Crippen molar-refractivity contribution >= 4 is 12.2 Å². The SMILES string of the molecule is CC1(C)C2=Cc3ccccc3[C]23CCC2=Cc4ccccc4[C]21[Zr+2]3.[Cl-].[Cl-]. The topological polar surface area (TPSA) is 0 Å². The summed E-state index contributed by atoms with van der Waals surface area (Å²) in [5.41, 5.74) is 10.1. The van der Waals surface area contributed by atoms with Gasteiger partial charge in [0.05, 0.1) is 0 Å². The van der Waals surface area contributed by atoms with Gasteiger partial charge in [0.2, 0.25) is 0 Å². The fraction of sp³-hybridized carbons (Fsp3) is 0.304. The molecule has 130 valence electrons. The summed E-state index contributed by atoms with van der Waals surface area (Å²) in [4.78, 5) is 0. The fourth-order valence-corrected chi connectivity index (χ4v) is 13.4. The first-order chi connectivity index (χ1) is 11.6. The van der Waals surface area contributed by atoms with E-state index < -0.39 is 23.2 Å². The summed E-state index contributed by atoms with van der Waals surface area (Å²) in [7, 11) is 0. The van der Waals surface area contributed by atoms with Gasteiger partial charge in [0.1, 0.15) is 0 Å². The van der Waals surface area contributed by atoms with E-state index in [9.17, 15) is 0 Å². The quantitative estimate of drug-likeness (QED) is 0.499. The molecule has 2 fully saturated rings. The molecule has 2 unspecified atom stereocenters. The Morgan fingerprint density at radius 1 is 0.808 bits per heavy atom. The van der Waals surface area contributed by atoms with Gasteiger partial charge in [-0.2, -0.15) is 0 Å². The first-order valence-corrected chi connectivity index (χ1v) is 11.5. The van der Waals surface area contributed by atoms with E-state index in [1.807, 2.05) is 0 Å². The number of halogens is 2. The van der Waals surface area contributed by atoms with Crippen molar-refractivity contribution in [1.29, 1.82) is 0 Å². The summed E-state index contributed by atoms with van der Waals surface area (Å²) in [5.74, 6) is 0. The Bertz CT molecular complexity index is 987. The second kappa shape index (κ2) is 5.70. The van der Waals surface area contributed by atoms with Crippen LogP contribution < -0.4 is 24.8 Å². The van der Waals surface area contributed by atoms with Crippen LogP contribution in [0.25, 0.3) is 12.2 Å². The predicted octanol–water partition coefficient (Wildman–Crippen LogP) is -0.504. The molecule has 6 rings (SSSR count). The normalized spacial score (nSPS) is 30.1. The molecule has 0 amide bonds. The van der Waals surface area contributed by atoms with E-state index in [4.69, 9.17) is 0 Å². The molecule has 2 spiro atoms. The molecular weight excluding hydrogens is 438 g/mol. The summed E-state index contributed by atoms with van der Waals surface area (Å²) in [6, 6.07) is 18.5. The third-order valence-corrected chi connectivity index (χ3v) is 14.0. The van der Waals surface area contributed by atoms with Crippen LogP contribution in [-0.2, 0) is 29.5 Å². The van der Waals surface area contributed by atoms with E-state index in [-0.39, 0.29) is 30.2 Å². The molecule has 2 aromatic carbocycles. The summed E-state index contributed by atoms with van der Waals surface area (Å²) >= 11 is -0.740. The van der Waals surface area contributed by atoms with Crippen LogP contribution in [0.15, 0.2) is 59.7 Å². The number of benzene rings is 2. The zero-order valence-corrected chi connectivity index (χ0v) is 18.9. The summed E-state index contributed by atoms with van der Waals surface area (Å²) in [6.45, 7) is 5.10. The van der Waals surface area contributed by atoms with Crippen molar-refractivity contribution in [2.45, 2.75) is 32.9 Å². The number of hydrogen-bond donors (Lipinski definition) is 0. The van der Waals surface area contributed by atoms with Gasteiger partial charge in [-0.3, -0.25) is 0 Å². The molecule has 2 heterocycles. The predicted molar refractivity (Wildman–Crippen MR) is 95.2 cm³/mol. The van der Waals surface area contributed by atoms with Crippen molar-refractivity contribution in [2.75, 3.05) is 0 Å². The molecule has 0 radical (unpaired) electrons. The van der Waals surface area contributed by atoms with Crippen molar-refractivity contribution in [3.63, 3.8) is 0 Å². The van der Waals surface area contributed by atoms with Gasteiger partial charge < -0.3 is 24.8 Å². The minimum absolute atomic E-state index is 0. The first-order valence-electron chi connectivity index (χ1n) is 9.02. The second-order valence-corrected chi connectivity index (χ2v) is 12.9. The van der Waals surface area contributed by atoms with Gasteiger partial charge in [-0.25, -0.2) is 0 Å². The number of allylic oxidation sites excluding steroid dienone is 2.